The number of nitrogens with one attached hydrogen (secondary N) is 1. The van der Waals surface area contributed by atoms with Crippen molar-refractivity contribution in [1.29, 1.82) is 0 Å². The molecule has 0 saturated heterocycles. The maximum atomic E-state index is 12.6. The number of benzene rings is 2. The lowest BCUT2D eigenvalue weighted by atomic mass is 10.2. The van der Waals surface area contributed by atoms with Gasteiger partial charge in [0.2, 0.25) is 0 Å². The van der Waals surface area contributed by atoms with E-state index in [-0.39, 0.29) is 5.69 Å². The van der Waals surface area contributed by atoms with Gasteiger partial charge in [-0.3, -0.25) is 5.43 Å². The van der Waals surface area contributed by atoms with Gasteiger partial charge in [-0.15, -0.1) is 0 Å². The molecule has 0 aliphatic carbocycles. The summed E-state index contributed by atoms with van der Waals surface area (Å²) in [6.07, 6.45) is -2.83. The Kier molecular flexibility index (Phi) is 5.28. The number of alkyl halides is 3. The average molecular weight is 436 g/mol. The Hall–Kier alpha value is -1.34. The highest BCUT2D eigenvalue weighted by Crippen LogP contribution is 2.30. The molecule has 1 N–H and O–H groups in total. The van der Waals surface area contributed by atoms with Crippen LogP contribution in [0.4, 0.5) is 18.9 Å². The first-order chi connectivity index (χ1) is 10.3. The fourth-order valence-electron chi connectivity index (χ4n) is 1.69. The van der Waals surface area contributed by atoms with Crippen LogP contribution in [0.3, 0.4) is 0 Å². The highest BCUT2D eigenvalue weighted by atomic mass is 79.9. The van der Waals surface area contributed by atoms with E-state index in [4.69, 9.17) is 0 Å². The quantitative estimate of drug-likeness (QED) is 0.465. The maximum absolute atomic E-state index is 12.6. The fourth-order valence-corrected chi connectivity index (χ4v) is 2.91. The van der Waals surface area contributed by atoms with Crippen molar-refractivity contribution in [3.63, 3.8) is 0 Å². The summed E-state index contributed by atoms with van der Waals surface area (Å²) in [5.41, 5.74) is 4.03. The van der Waals surface area contributed by atoms with Crippen LogP contribution in [-0.4, -0.2) is 6.21 Å². The molecule has 0 heterocycles. The molecule has 0 unspecified atom stereocenters. The Morgan fingerprint density at radius 2 is 1.73 bits per heavy atom. The van der Waals surface area contributed by atoms with E-state index in [1.54, 1.807) is 0 Å². The van der Waals surface area contributed by atoms with E-state index >= 15 is 0 Å². The zero-order chi connectivity index (χ0) is 16.3. The standard InChI is InChI=1S/C15H11Br2F3N2/c1-9-13(16)5-10(6-14(9)17)8-21-22-12-4-2-3-11(7-12)15(18,19)20/h2-8,22H,1H3/b21-8+. The van der Waals surface area contributed by atoms with Crippen LogP contribution in [0.5, 0.6) is 0 Å². The molecule has 0 fully saturated rings. The molecule has 22 heavy (non-hydrogen) atoms. The minimum absolute atomic E-state index is 0.274. The van der Waals surface area contributed by atoms with Crippen molar-refractivity contribution in [3.05, 3.63) is 62.0 Å². The van der Waals surface area contributed by atoms with Crippen molar-refractivity contribution >= 4 is 43.8 Å². The van der Waals surface area contributed by atoms with E-state index in [0.29, 0.717) is 0 Å². The van der Waals surface area contributed by atoms with Gasteiger partial charge in [0.25, 0.3) is 0 Å². The maximum Gasteiger partial charge on any atom is 0.416 e. The van der Waals surface area contributed by atoms with Gasteiger partial charge in [0.05, 0.1) is 17.5 Å². The lowest BCUT2D eigenvalue weighted by molar-refractivity contribution is -0.137. The Labute approximate surface area is 142 Å². The predicted octanol–water partition coefficient (Wildman–Crippen LogP) is 5.98. The SMILES string of the molecule is Cc1c(Br)cc(/C=N/Nc2cccc(C(F)(F)F)c2)cc1Br. The van der Waals surface area contributed by atoms with E-state index in [1.165, 1.54) is 18.3 Å². The number of rotatable bonds is 3. The van der Waals surface area contributed by atoms with Crippen LogP contribution < -0.4 is 5.43 Å². The molecule has 116 valence electrons. The first-order valence-corrected chi connectivity index (χ1v) is 7.78. The van der Waals surface area contributed by atoms with E-state index < -0.39 is 11.7 Å². The highest BCUT2D eigenvalue weighted by Gasteiger charge is 2.30. The molecular formula is C15H11Br2F3N2. The zero-order valence-electron chi connectivity index (χ0n) is 11.4. The molecule has 2 aromatic carbocycles. The van der Waals surface area contributed by atoms with Gasteiger partial charge in [0.15, 0.2) is 0 Å². The molecule has 2 aromatic rings. The molecule has 0 aliphatic heterocycles. The number of nitrogens with zero attached hydrogens (tertiary/aromatic N) is 1. The normalized spacial score (nSPS) is 11.9. The molecular weight excluding hydrogens is 425 g/mol. The molecule has 0 amide bonds. The van der Waals surface area contributed by atoms with Gasteiger partial charge < -0.3 is 0 Å². The molecule has 2 rings (SSSR count). The van der Waals surface area contributed by atoms with Gasteiger partial charge in [-0.2, -0.15) is 18.3 Å². The molecule has 2 nitrogen and oxygen atoms in total. The summed E-state index contributed by atoms with van der Waals surface area (Å²) in [5.74, 6) is 0. The van der Waals surface area contributed by atoms with E-state index in [2.05, 4.69) is 42.4 Å². The van der Waals surface area contributed by atoms with Crippen molar-refractivity contribution in [2.45, 2.75) is 13.1 Å². The summed E-state index contributed by atoms with van der Waals surface area (Å²) in [6.45, 7) is 1.95. The number of hydrazone groups is 1. The lowest BCUT2D eigenvalue weighted by Crippen LogP contribution is -2.05. The Morgan fingerprint density at radius 1 is 1.09 bits per heavy atom. The second kappa shape index (κ2) is 6.83. The van der Waals surface area contributed by atoms with Crippen LogP contribution in [0, 0.1) is 6.92 Å². The predicted molar refractivity (Wildman–Crippen MR) is 89.2 cm³/mol. The van der Waals surface area contributed by atoms with Crippen molar-refractivity contribution in [2.24, 2.45) is 5.10 Å². The molecule has 0 aliphatic rings. The number of hydrogen-bond acceptors (Lipinski definition) is 2. The Bertz CT molecular complexity index is 689. The zero-order valence-corrected chi connectivity index (χ0v) is 14.6. The number of halogens is 5. The summed E-state index contributed by atoms with van der Waals surface area (Å²) in [7, 11) is 0. The van der Waals surface area contributed by atoms with Crippen LogP contribution in [0.25, 0.3) is 0 Å². The summed E-state index contributed by atoms with van der Waals surface area (Å²) in [6, 6.07) is 8.63. The Morgan fingerprint density at radius 3 is 2.32 bits per heavy atom. The minimum Gasteiger partial charge on any atom is -0.278 e. The lowest BCUT2D eigenvalue weighted by Gasteiger charge is -2.08. The van der Waals surface area contributed by atoms with Crippen molar-refractivity contribution in [2.75, 3.05) is 5.43 Å². The molecule has 7 heteroatoms. The smallest absolute Gasteiger partial charge is 0.278 e. The highest BCUT2D eigenvalue weighted by molar-refractivity contribution is 9.11. The van der Waals surface area contributed by atoms with E-state index in [0.717, 1.165) is 32.2 Å². The fraction of sp³-hybridized carbons (Fsp3) is 0.133. The average Bonchev–Trinajstić information content (AvgIpc) is 2.44. The third kappa shape index (κ3) is 4.33. The Balaban J connectivity index is 2.13. The van der Waals surface area contributed by atoms with Crippen molar-refractivity contribution in [1.82, 2.24) is 0 Å². The van der Waals surface area contributed by atoms with Crippen LogP contribution in [-0.2, 0) is 6.18 Å². The second-order valence-corrected chi connectivity index (χ2v) is 6.27. The van der Waals surface area contributed by atoms with Gasteiger partial charge in [-0.1, -0.05) is 37.9 Å². The summed E-state index contributed by atoms with van der Waals surface area (Å²) in [4.78, 5) is 0. The van der Waals surface area contributed by atoms with E-state index in [1.807, 2.05) is 19.1 Å². The molecule has 0 saturated carbocycles. The van der Waals surface area contributed by atoms with Crippen molar-refractivity contribution in [3.8, 4) is 0 Å². The molecule has 0 atom stereocenters. The van der Waals surface area contributed by atoms with Crippen LogP contribution in [0.2, 0.25) is 0 Å². The third-order valence-electron chi connectivity index (χ3n) is 2.90. The van der Waals surface area contributed by atoms with Gasteiger partial charge in [0.1, 0.15) is 0 Å². The summed E-state index contributed by atoms with van der Waals surface area (Å²) >= 11 is 6.86. The molecule has 0 bridgehead atoms. The minimum atomic E-state index is -4.37. The van der Waals surface area contributed by atoms with Crippen molar-refractivity contribution < 1.29 is 13.2 Å². The third-order valence-corrected chi connectivity index (χ3v) is 4.55. The van der Waals surface area contributed by atoms with Gasteiger partial charge >= 0.3 is 6.18 Å². The summed E-state index contributed by atoms with van der Waals surface area (Å²) < 4.78 is 39.7. The van der Waals surface area contributed by atoms with Gasteiger partial charge in [-0.05, 0) is 48.4 Å². The molecule has 0 spiro atoms. The van der Waals surface area contributed by atoms with Crippen LogP contribution in [0.15, 0.2) is 50.4 Å². The van der Waals surface area contributed by atoms with Crippen LogP contribution >= 0.6 is 31.9 Å². The summed E-state index contributed by atoms with van der Waals surface area (Å²) in [5, 5.41) is 3.96. The monoisotopic (exact) mass is 434 g/mol. The van der Waals surface area contributed by atoms with Gasteiger partial charge in [0, 0.05) is 8.95 Å². The number of hydrogen-bond donors (Lipinski definition) is 1. The topological polar surface area (TPSA) is 24.4 Å². The van der Waals surface area contributed by atoms with Gasteiger partial charge in [-0.25, -0.2) is 0 Å². The first-order valence-electron chi connectivity index (χ1n) is 6.19. The second-order valence-electron chi connectivity index (χ2n) is 4.56. The molecule has 0 radical (unpaired) electrons. The van der Waals surface area contributed by atoms with Crippen LogP contribution in [0.1, 0.15) is 16.7 Å². The number of anilines is 1. The largest absolute Gasteiger partial charge is 0.416 e. The first kappa shape index (κ1) is 17.0. The molecule has 0 aromatic heterocycles. The van der Waals surface area contributed by atoms with E-state index in [9.17, 15) is 13.2 Å².